The number of hydrogen-bond acceptors (Lipinski definition) is 2. The van der Waals surface area contributed by atoms with Gasteiger partial charge in [0, 0.05) is 6.04 Å². The SMILES string of the molecule is Cc1ccc(C2CCCN2CCCCCCN)cc1.Cl.Cl. The van der Waals surface area contributed by atoms with E-state index in [2.05, 4.69) is 36.1 Å². The summed E-state index contributed by atoms with van der Waals surface area (Å²) >= 11 is 0. The number of halogens is 2. The zero-order valence-corrected chi connectivity index (χ0v) is 14.7. The number of aryl methyl sites for hydroxylation is 1. The second-order valence-electron chi connectivity index (χ2n) is 5.81. The highest BCUT2D eigenvalue weighted by Gasteiger charge is 2.24. The maximum atomic E-state index is 5.53. The number of likely N-dealkylation sites (tertiary alicyclic amines) is 1. The lowest BCUT2D eigenvalue weighted by Gasteiger charge is -2.25. The molecule has 2 rings (SSSR count). The fourth-order valence-electron chi connectivity index (χ4n) is 3.07. The summed E-state index contributed by atoms with van der Waals surface area (Å²) in [7, 11) is 0. The molecule has 0 aromatic heterocycles. The van der Waals surface area contributed by atoms with Crippen LogP contribution in [0.5, 0.6) is 0 Å². The lowest BCUT2D eigenvalue weighted by atomic mass is 10.0. The van der Waals surface area contributed by atoms with Gasteiger partial charge in [0.25, 0.3) is 0 Å². The van der Waals surface area contributed by atoms with E-state index in [1.165, 1.54) is 62.7 Å². The van der Waals surface area contributed by atoms with Gasteiger partial charge in [0.2, 0.25) is 0 Å². The Balaban J connectivity index is 0.00000200. The van der Waals surface area contributed by atoms with Crippen LogP contribution in [0, 0.1) is 6.92 Å². The summed E-state index contributed by atoms with van der Waals surface area (Å²) in [5, 5.41) is 0. The lowest BCUT2D eigenvalue weighted by molar-refractivity contribution is 0.251. The molecule has 2 N–H and O–H groups in total. The molecule has 1 fully saturated rings. The molecule has 0 bridgehead atoms. The molecule has 1 unspecified atom stereocenters. The fourth-order valence-corrected chi connectivity index (χ4v) is 3.07. The van der Waals surface area contributed by atoms with Crippen LogP contribution in [0.2, 0.25) is 0 Å². The normalized spacial score (nSPS) is 18.1. The summed E-state index contributed by atoms with van der Waals surface area (Å²) in [5.74, 6) is 0. The predicted octanol–water partition coefficient (Wildman–Crippen LogP) is 4.49. The quantitative estimate of drug-likeness (QED) is 0.745. The van der Waals surface area contributed by atoms with Gasteiger partial charge in [-0.3, -0.25) is 4.90 Å². The average molecular weight is 333 g/mol. The molecule has 0 saturated carbocycles. The Morgan fingerprint density at radius 1 is 1.05 bits per heavy atom. The minimum Gasteiger partial charge on any atom is -0.330 e. The van der Waals surface area contributed by atoms with E-state index >= 15 is 0 Å². The van der Waals surface area contributed by atoms with E-state index in [1.807, 2.05) is 0 Å². The number of nitrogens with zero attached hydrogens (tertiary/aromatic N) is 1. The molecule has 1 heterocycles. The van der Waals surface area contributed by atoms with Crippen LogP contribution in [0.1, 0.15) is 55.7 Å². The molecule has 21 heavy (non-hydrogen) atoms. The van der Waals surface area contributed by atoms with Crippen molar-refractivity contribution in [3.8, 4) is 0 Å². The third-order valence-corrected chi connectivity index (χ3v) is 4.23. The van der Waals surface area contributed by atoms with Crippen molar-refractivity contribution < 1.29 is 0 Å². The third kappa shape index (κ3) is 6.56. The summed E-state index contributed by atoms with van der Waals surface area (Å²) in [6.07, 6.45) is 7.80. The van der Waals surface area contributed by atoms with Gasteiger partial charge < -0.3 is 5.73 Å². The summed E-state index contributed by atoms with van der Waals surface area (Å²) in [6.45, 7) is 5.53. The van der Waals surface area contributed by atoms with Crippen LogP contribution in [-0.2, 0) is 0 Å². The van der Waals surface area contributed by atoms with E-state index in [4.69, 9.17) is 5.73 Å². The number of rotatable bonds is 7. The highest BCUT2D eigenvalue weighted by Crippen LogP contribution is 2.32. The van der Waals surface area contributed by atoms with Crippen LogP contribution < -0.4 is 5.73 Å². The topological polar surface area (TPSA) is 29.3 Å². The van der Waals surface area contributed by atoms with Crippen LogP contribution in [0.4, 0.5) is 0 Å². The standard InChI is InChI=1S/C17H28N2.2ClH/c1-15-8-10-16(11-9-15)17-7-6-14-19(17)13-5-3-2-4-12-18;;/h8-11,17H,2-7,12-14,18H2,1H3;2*1H. The van der Waals surface area contributed by atoms with Crippen LogP contribution in [-0.4, -0.2) is 24.5 Å². The van der Waals surface area contributed by atoms with Gasteiger partial charge in [0.1, 0.15) is 0 Å². The molecule has 1 atom stereocenters. The smallest absolute Gasteiger partial charge is 0.0348 e. The Morgan fingerprint density at radius 2 is 1.71 bits per heavy atom. The molecule has 1 aromatic carbocycles. The highest BCUT2D eigenvalue weighted by molar-refractivity contribution is 5.85. The van der Waals surface area contributed by atoms with Crippen molar-refractivity contribution >= 4 is 24.8 Å². The van der Waals surface area contributed by atoms with Gasteiger partial charge in [0.15, 0.2) is 0 Å². The minimum absolute atomic E-state index is 0. The zero-order chi connectivity index (χ0) is 13.5. The Labute approximate surface area is 142 Å². The van der Waals surface area contributed by atoms with Crippen molar-refractivity contribution in [2.24, 2.45) is 5.73 Å². The first-order chi connectivity index (χ1) is 9.31. The molecule has 0 aliphatic carbocycles. The Hall–Kier alpha value is -0.280. The molecule has 2 nitrogen and oxygen atoms in total. The van der Waals surface area contributed by atoms with E-state index < -0.39 is 0 Å². The fraction of sp³-hybridized carbons (Fsp3) is 0.647. The average Bonchev–Trinajstić information content (AvgIpc) is 2.88. The van der Waals surface area contributed by atoms with Gasteiger partial charge in [-0.25, -0.2) is 0 Å². The maximum absolute atomic E-state index is 5.53. The zero-order valence-electron chi connectivity index (χ0n) is 13.1. The number of benzene rings is 1. The number of hydrogen-bond donors (Lipinski definition) is 1. The first-order valence-electron chi connectivity index (χ1n) is 7.82. The Bertz CT molecular complexity index is 368. The second-order valence-corrected chi connectivity index (χ2v) is 5.81. The van der Waals surface area contributed by atoms with Gasteiger partial charge in [0.05, 0.1) is 0 Å². The number of nitrogens with two attached hydrogens (primary N) is 1. The van der Waals surface area contributed by atoms with Crippen LogP contribution in [0.25, 0.3) is 0 Å². The second kappa shape index (κ2) is 11.3. The van der Waals surface area contributed by atoms with Crippen molar-refractivity contribution in [3.05, 3.63) is 35.4 Å². The molecule has 0 spiro atoms. The van der Waals surface area contributed by atoms with Crippen LogP contribution >= 0.6 is 24.8 Å². The van der Waals surface area contributed by atoms with Crippen LogP contribution in [0.3, 0.4) is 0 Å². The molecular formula is C17H30Cl2N2. The molecular weight excluding hydrogens is 303 g/mol. The number of unbranched alkanes of at least 4 members (excludes halogenated alkanes) is 3. The van der Waals surface area contributed by atoms with Gasteiger partial charge in [-0.05, 0) is 57.8 Å². The van der Waals surface area contributed by atoms with Gasteiger partial charge in [-0.2, -0.15) is 0 Å². The van der Waals surface area contributed by atoms with Crippen LogP contribution in [0.15, 0.2) is 24.3 Å². The van der Waals surface area contributed by atoms with Crippen molar-refractivity contribution in [3.63, 3.8) is 0 Å². The molecule has 122 valence electrons. The summed E-state index contributed by atoms with van der Waals surface area (Å²) in [6, 6.07) is 9.77. The highest BCUT2D eigenvalue weighted by atomic mass is 35.5. The van der Waals surface area contributed by atoms with E-state index in [-0.39, 0.29) is 24.8 Å². The molecule has 1 aliphatic heterocycles. The molecule has 0 amide bonds. The summed E-state index contributed by atoms with van der Waals surface area (Å²) in [5.41, 5.74) is 8.39. The third-order valence-electron chi connectivity index (χ3n) is 4.23. The van der Waals surface area contributed by atoms with Gasteiger partial charge >= 0.3 is 0 Å². The first-order valence-corrected chi connectivity index (χ1v) is 7.82. The largest absolute Gasteiger partial charge is 0.330 e. The van der Waals surface area contributed by atoms with Crippen molar-refractivity contribution in [2.75, 3.05) is 19.6 Å². The Morgan fingerprint density at radius 3 is 2.38 bits per heavy atom. The first kappa shape index (κ1) is 20.7. The van der Waals surface area contributed by atoms with E-state index in [9.17, 15) is 0 Å². The van der Waals surface area contributed by atoms with E-state index in [1.54, 1.807) is 0 Å². The monoisotopic (exact) mass is 332 g/mol. The molecule has 1 aromatic rings. The van der Waals surface area contributed by atoms with Crippen molar-refractivity contribution in [1.29, 1.82) is 0 Å². The Kier molecular flexibility index (Phi) is 11.2. The minimum atomic E-state index is 0. The van der Waals surface area contributed by atoms with E-state index in [0.29, 0.717) is 6.04 Å². The van der Waals surface area contributed by atoms with Gasteiger partial charge in [-0.15, -0.1) is 24.8 Å². The van der Waals surface area contributed by atoms with E-state index in [0.717, 1.165) is 6.54 Å². The molecule has 1 saturated heterocycles. The van der Waals surface area contributed by atoms with Gasteiger partial charge in [-0.1, -0.05) is 42.7 Å². The maximum Gasteiger partial charge on any atom is 0.0348 e. The molecule has 1 aliphatic rings. The summed E-state index contributed by atoms with van der Waals surface area (Å²) in [4.78, 5) is 2.67. The molecule has 4 heteroatoms. The predicted molar refractivity (Wildman–Crippen MR) is 96.7 cm³/mol. The molecule has 0 radical (unpaired) electrons. The van der Waals surface area contributed by atoms with Crippen molar-refractivity contribution in [2.45, 2.75) is 51.5 Å². The lowest BCUT2D eigenvalue weighted by Crippen LogP contribution is -2.24. The van der Waals surface area contributed by atoms with Crippen molar-refractivity contribution in [1.82, 2.24) is 4.90 Å². The summed E-state index contributed by atoms with van der Waals surface area (Å²) < 4.78 is 0.